The van der Waals surface area contributed by atoms with Gasteiger partial charge < -0.3 is 15.4 Å². The molecule has 0 amide bonds. The lowest BCUT2D eigenvalue weighted by molar-refractivity contribution is 0.142. The van der Waals surface area contributed by atoms with Gasteiger partial charge in [0, 0.05) is 12.2 Å². The predicted molar refractivity (Wildman–Crippen MR) is 81.6 cm³/mol. The molecule has 1 saturated heterocycles. The third kappa shape index (κ3) is 2.75. The van der Waals surface area contributed by atoms with E-state index in [2.05, 4.69) is 19.9 Å². The summed E-state index contributed by atoms with van der Waals surface area (Å²) in [6, 6.07) is 5.39. The van der Waals surface area contributed by atoms with Crippen LogP contribution in [-0.4, -0.2) is 34.7 Å². The van der Waals surface area contributed by atoms with Crippen LogP contribution in [0.4, 0.5) is 16.2 Å². The Morgan fingerprint density at radius 2 is 2.23 bits per heavy atom. The molecule has 0 unspecified atom stereocenters. The molecule has 3 rings (SSSR count). The first-order valence-corrected chi connectivity index (χ1v) is 6.95. The largest absolute Gasteiger partial charge is 0.373 e. The molecule has 1 aliphatic rings. The standard InChI is InChI=1S/C15H16FN5O/c1-2-10-9-22-7-6-21(10)13-5-3-4-12(19-13)14-11(16)8-18-15(17)20-14/h2-5,8H,6-7,9H2,1H3,(H2,17,18,20)/b10-2+. The normalized spacial score (nSPS) is 17.0. The van der Waals surface area contributed by atoms with Gasteiger partial charge in [0.05, 0.1) is 25.1 Å². The molecule has 0 saturated carbocycles. The number of hydrogen-bond donors (Lipinski definition) is 1. The van der Waals surface area contributed by atoms with Crippen LogP contribution in [0.5, 0.6) is 0 Å². The number of rotatable bonds is 2. The molecular formula is C15H16FN5O. The van der Waals surface area contributed by atoms with E-state index in [9.17, 15) is 4.39 Å². The lowest BCUT2D eigenvalue weighted by atomic mass is 10.2. The monoisotopic (exact) mass is 301 g/mol. The van der Waals surface area contributed by atoms with Crippen molar-refractivity contribution in [2.45, 2.75) is 6.92 Å². The second-order valence-electron chi connectivity index (χ2n) is 4.79. The number of morpholine rings is 1. The summed E-state index contributed by atoms with van der Waals surface area (Å²) < 4.78 is 19.3. The van der Waals surface area contributed by atoms with Crippen molar-refractivity contribution in [2.24, 2.45) is 0 Å². The van der Waals surface area contributed by atoms with Gasteiger partial charge in [0.2, 0.25) is 5.95 Å². The van der Waals surface area contributed by atoms with Crippen molar-refractivity contribution in [3.8, 4) is 11.4 Å². The molecule has 3 heterocycles. The van der Waals surface area contributed by atoms with Crippen LogP contribution in [0, 0.1) is 5.82 Å². The molecule has 1 fully saturated rings. The molecule has 2 aromatic rings. The Kier molecular flexibility index (Phi) is 3.97. The minimum absolute atomic E-state index is 0.0177. The van der Waals surface area contributed by atoms with Gasteiger partial charge in [0.1, 0.15) is 11.5 Å². The molecule has 0 aliphatic carbocycles. The molecular weight excluding hydrogens is 285 g/mol. The van der Waals surface area contributed by atoms with Gasteiger partial charge in [0.15, 0.2) is 5.82 Å². The lowest BCUT2D eigenvalue weighted by Crippen LogP contribution is -2.34. The molecule has 0 aromatic carbocycles. The van der Waals surface area contributed by atoms with Gasteiger partial charge >= 0.3 is 0 Å². The summed E-state index contributed by atoms with van der Waals surface area (Å²) >= 11 is 0. The van der Waals surface area contributed by atoms with E-state index in [0.29, 0.717) is 25.5 Å². The van der Waals surface area contributed by atoms with Gasteiger partial charge in [-0.3, -0.25) is 0 Å². The third-order valence-electron chi connectivity index (χ3n) is 3.41. The number of anilines is 2. The summed E-state index contributed by atoms with van der Waals surface area (Å²) in [5.74, 6) is 0.196. The van der Waals surface area contributed by atoms with Gasteiger partial charge in [-0.25, -0.2) is 19.3 Å². The van der Waals surface area contributed by atoms with Crippen LogP contribution in [0.15, 0.2) is 36.2 Å². The first-order valence-electron chi connectivity index (χ1n) is 6.95. The van der Waals surface area contributed by atoms with Crippen LogP contribution in [0.2, 0.25) is 0 Å². The van der Waals surface area contributed by atoms with Gasteiger partial charge in [0.25, 0.3) is 0 Å². The van der Waals surface area contributed by atoms with E-state index < -0.39 is 5.82 Å². The zero-order valence-electron chi connectivity index (χ0n) is 12.2. The maximum Gasteiger partial charge on any atom is 0.220 e. The highest BCUT2D eigenvalue weighted by Crippen LogP contribution is 2.24. The maximum absolute atomic E-state index is 13.9. The summed E-state index contributed by atoms with van der Waals surface area (Å²) in [4.78, 5) is 14.1. The smallest absolute Gasteiger partial charge is 0.220 e. The fraction of sp³-hybridized carbons (Fsp3) is 0.267. The summed E-state index contributed by atoms with van der Waals surface area (Å²) in [7, 11) is 0. The molecule has 2 N–H and O–H groups in total. The van der Waals surface area contributed by atoms with Crippen molar-refractivity contribution in [1.82, 2.24) is 15.0 Å². The second kappa shape index (κ2) is 6.07. The first-order chi connectivity index (χ1) is 10.7. The number of nitrogens with zero attached hydrogens (tertiary/aromatic N) is 4. The van der Waals surface area contributed by atoms with E-state index in [-0.39, 0.29) is 11.6 Å². The van der Waals surface area contributed by atoms with E-state index >= 15 is 0 Å². The fourth-order valence-electron chi connectivity index (χ4n) is 2.32. The molecule has 0 radical (unpaired) electrons. The second-order valence-corrected chi connectivity index (χ2v) is 4.79. The van der Waals surface area contributed by atoms with E-state index in [0.717, 1.165) is 17.7 Å². The molecule has 0 bridgehead atoms. The minimum atomic E-state index is -0.549. The Balaban J connectivity index is 2.01. The maximum atomic E-state index is 13.9. The number of ether oxygens (including phenoxy) is 1. The summed E-state index contributed by atoms with van der Waals surface area (Å²) in [5.41, 5.74) is 7.09. The molecule has 6 nitrogen and oxygen atoms in total. The fourth-order valence-corrected chi connectivity index (χ4v) is 2.32. The van der Waals surface area contributed by atoms with Crippen molar-refractivity contribution in [3.63, 3.8) is 0 Å². The van der Waals surface area contributed by atoms with Crippen molar-refractivity contribution in [3.05, 3.63) is 42.0 Å². The summed E-state index contributed by atoms with van der Waals surface area (Å²) in [5, 5.41) is 0. The van der Waals surface area contributed by atoms with Gasteiger partial charge in [-0.15, -0.1) is 0 Å². The van der Waals surface area contributed by atoms with Crippen LogP contribution in [-0.2, 0) is 4.74 Å². The molecule has 7 heteroatoms. The van der Waals surface area contributed by atoms with Crippen molar-refractivity contribution < 1.29 is 9.13 Å². The summed E-state index contributed by atoms with van der Waals surface area (Å²) in [6.45, 7) is 3.81. The predicted octanol–water partition coefficient (Wildman–Crippen LogP) is 2.00. The number of halogens is 1. The van der Waals surface area contributed by atoms with E-state index in [1.807, 2.05) is 25.1 Å². The SMILES string of the molecule is C/C=C1\COCCN1c1cccc(-c2nc(N)ncc2F)n1. The number of pyridine rings is 1. The number of nitrogen functional groups attached to an aromatic ring is 1. The van der Waals surface area contributed by atoms with Gasteiger partial charge in [-0.1, -0.05) is 12.1 Å². The van der Waals surface area contributed by atoms with E-state index in [1.165, 1.54) is 0 Å². The van der Waals surface area contributed by atoms with Crippen LogP contribution < -0.4 is 10.6 Å². The van der Waals surface area contributed by atoms with Crippen LogP contribution >= 0.6 is 0 Å². The Labute approximate surface area is 127 Å². The van der Waals surface area contributed by atoms with Gasteiger partial charge in [-0.05, 0) is 19.1 Å². The highest BCUT2D eigenvalue weighted by molar-refractivity contribution is 5.60. The summed E-state index contributed by atoms with van der Waals surface area (Å²) in [6.07, 6.45) is 3.04. The highest BCUT2D eigenvalue weighted by Gasteiger charge is 2.19. The quantitative estimate of drug-likeness (QED) is 0.914. The average Bonchev–Trinajstić information content (AvgIpc) is 2.57. The number of aromatic nitrogens is 3. The third-order valence-corrected chi connectivity index (χ3v) is 3.41. The topological polar surface area (TPSA) is 77.2 Å². The zero-order chi connectivity index (χ0) is 15.5. The highest BCUT2D eigenvalue weighted by atomic mass is 19.1. The van der Waals surface area contributed by atoms with Crippen molar-refractivity contribution in [1.29, 1.82) is 0 Å². The molecule has 22 heavy (non-hydrogen) atoms. The average molecular weight is 301 g/mol. The Morgan fingerprint density at radius 3 is 3.05 bits per heavy atom. The number of allylic oxidation sites excluding steroid dienone is 1. The molecule has 114 valence electrons. The molecule has 0 atom stereocenters. The van der Waals surface area contributed by atoms with E-state index in [1.54, 1.807) is 6.07 Å². The lowest BCUT2D eigenvalue weighted by Gasteiger charge is -2.30. The minimum Gasteiger partial charge on any atom is -0.373 e. The van der Waals surface area contributed by atoms with Crippen molar-refractivity contribution in [2.75, 3.05) is 30.4 Å². The first kappa shape index (κ1) is 14.4. The van der Waals surface area contributed by atoms with Crippen LogP contribution in [0.25, 0.3) is 11.4 Å². The van der Waals surface area contributed by atoms with Gasteiger partial charge in [-0.2, -0.15) is 0 Å². The van der Waals surface area contributed by atoms with E-state index in [4.69, 9.17) is 10.5 Å². The Bertz CT molecular complexity index is 719. The van der Waals surface area contributed by atoms with Crippen LogP contribution in [0.3, 0.4) is 0 Å². The van der Waals surface area contributed by atoms with Crippen molar-refractivity contribution >= 4 is 11.8 Å². The molecule has 2 aromatic heterocycles. The molecule has 0 spiro atoms. The Hall–Kier alpha value is -2.54. The number of nitrogens with two attached hydrogens (primary N) is 1. The van der Waals surface area contributed by atoms with Crippen LogP contribution in [0.1, 0.15) is 6.92 Å². The molecule has 1 aliphatic heterocycles. The number of hydrogen-bond acceptors (Lipinski definition) is 6. The zero-order valence-corrected chi connectivity index (χ0v) is 12.2. The Morgan fingerprint density at radius 1 is 1.36 bits per heavy atom.